The van der Waals surface area contributed by atoms with Crippen LogP contribution in [0.3, 0.4) is 0 Å². The van der Waals surface area contributed by atoms with Crippen molar-refractivity contribution in [2.75, 3.05) is 12.3 Å². The Balaban J connectivity index is 2.09. The number of nitrogens with zero attached hydrogens (tertiary/aromatic N) is 1. The minimum atomic E-state index is -0.958. The summed E-state index contributed by atoms with van der Waals surface area (Å²) in [4.78, 5) is 14.2. The molecule has 4 N–H and O–H groups in total. The van der Waals surface area contributed by atoms with Gasteiger partial charge in [-0.05, 0) is 30.9 Å². The summed E-state index contributed by atoms with van der Waals surface area (Å²) in [6.45, 7) is 0.518. The fraction of sp³-hybridized carbons (Fsp3) is 0.455. The second-order valence-electron chi connectivity index (χ2n) is 3.67. The van der Waals surface area contributed by atoms with Gasteiger partial charge in [0.25, 0.3) is 0 Å². The number of aromatic nitrogens is 1. The van der Waals surface area contributed by atoms with Crippen molar-refractivity contribution in [2.24, 2.45) is 0 Å². The van der Waals surface area contributed by atoms with Crippen LogP contribution in [0.1, 0.15) is 24.8 Å². The smallest absolute Gasteiger partial charge is 0.404 e. The van der Waals surface area contributed by atoms with E-state index >= 15 is 0 Å². The van der Waals surface area contributed by atoms with Gasteiger partial charge in [0, 0.05) is 18.9 Å². The van der Waals surface area contributed by atoms with Gasteiger partial charge in [0.1, 0.15) is 0 Å². The van der Waals surface area contributed by atoms with E-state index in [2.05, 4.69) is 10.3 Å². The summed E-state index contributed by atoms with van der Waals surface area (Å²) >= 11 is 0. The van der Waals surface area contributed by atoms with Crippen molar-refractivity contribution in [1.29, 1.82) is 0 Å². The highest BCUT2D eigenvalue weighted by Crippen LogP contribution is 2.08. The lowest BCUT2D eigenvalue weighted by Crippen LogP contribution is -2.21. The Morgan fingerprint density at radius 1 is 1.38 bits per heavy atom. The van der Waals surface area contributed by atoms with E-state index in [1.807, 2.05) is 12.3 Å². The van der Waals surface area contributed by atoms with Crippen LogP contribution in [-0.2, 0) is 6.42 Å². The fourth-order valence-electron chi connectivity index (χ4n) is 1.47. The Kier molecular flexibility index (Phi) is 5.11. The lowest BCUT2D eigenvalue weighted by atomic mass is 10.1. The SMILES string of the molecule is Nc1cncc(CCCCCNC(=O)O)c1. The number of anilines is 1. The summed E-state index contributed by atoms with van der Waals surface area (Å²) in [5.41, 5.74) is 7.42. The lowest BCUT2D eigenvalue weighted by Gasteiger charge is -2.02. The number of unbranched alkanes of at least 4 members (excludes halogenated alkanes) is 2. The van der Waals surface area contributed by atoms with Crippen LogP contribution in [0.15, 0.2) is 18.5 Å². The van der Waals surface area contributed by atoms with Gasteiger partial charge < -0.3 is 16.2 Å². The number of nitrogen functional groups attached to an aromatic ring is 1. The third-order valence-electron chi connectivity index (χ3n) is 2.23. The van der Waals surface area contributed by atoms with Crippen LogP contribution >= 0.6 is 0 Å². The normalized spacial score (nSPS) is 10.0. The molecule has 1 heterocycles. The fourth-order valence-corrected chi connectivity index (χ4v) is 1.47. The van der Waals surface area contributed by atoms with Gasteiger partial charge in [0.2, 0.25) is 0 Å². The molecule has 0 unspecified atom stereocenters. The number of carbonyl (C=O) groups is 1. The topological polar surface area (TPSA) is 88.2 Å². The summed E-state index contributed by atoms with van der Waals surface area (Å²) in [5, 5.41) is 10.7. The Hall–Kier alpha value is -1.78. The predicted molar refractivity (Wildman–Crippen MR) is 62.2 cm³/mol. The van der Waals surface area contributed by atoms with Crippen molar-refractivity contribution >= 4 is 11.8 Å². The van der Waals surface area contributed by atoms with Crippen LogP contribution in [-0.4, -0.2) is 22.7 Å². The zero-order valence-corrected chi connectivity index (χ0v) is 9.15. The Morgan fingerprint density at radius 2 is 2.19 bits per heavy atom. The second-order valence-corrected chi connectivity index (χ2v) is 3.67. The molecule has 0 bridgehead atoms. The van der Waals surface area contributed by atoms with Crippen LogP contribution in [0.2, 0.25) is 0 Å². The van der Waals surface area contributed by atoms with Gasteiger partial charge in [-0.15, -0.1) is 0 Å². The van der Waals surface area contributed by atoms with E-state index in [9.17, 15) is 4.79 Å². The highest BCUT2D eigenvalue weighted by molar-refractivity contribution is 5.64. The van der Waals surface area contributed by atoms with Gasteiger partial charge >= 0.3 is 6.09 Å². The average molecular weight is 223 g/mol. The number of aryl methyl sites for hydroxylation is 1. The number of nitrogens with two attached hydrogens (primary N) is 1. The number of hydrogen-bond donors (Lipinski definition) is 3. The highest BCUT2D eigenvalue weighted by Gasteiger charge is 1.96. The van der Waals surface area contributed by atoms with E-state index in [1.165, 1.54) is 0 Å². The van der Waals surface area contributed by atoms with Crippen LogP contribution < -0.4 is 11.1 Å². The molecular formula is C11H17N3O2. The Morgan fingerprint density at radius 3 is 2.88 bits per heavy atom. The molecule has 0 aliphatic heterocycles. The minimum Gasteiger partial charge on any atom is -0.465 e. The standard InChI is InChI=1S/C11H17N3O2/c12-10-6-9(7-13-8-10)4-2-1-3-5-14-11(15)16/h6-8,14H,1-5,12H2,(H,15,16). The second kappa shape index (κ2) is 6.66. The first-order valence-corrected chi connectivity index (χ1v) is 5.34. The number of amides is 1. The average Bonchev–Trinajstić information content (AvgIpc) is 2.23. The summed E-state index contributed by atoms with van der Waals surface area (Å²) in [6, 6.07) is 1.92. The van der Waals surface area contributed by atoms with Gasteiger partial charge in [0.15, 0.2) is 0 Å². The van der Waals surface area contributed by atoms with Crippen molar-refractivity contribution in [2.45, 2.75) is 25.7 Å². The molecule has 1 amide bonds. The van der Waals surface area contributed by atoms with Crippen LogP contribution in [0.4, 0.5) is 10.5 Å². The molecule has 0 saturated heterocycles. The summed E-state index contributed by atoms with van der Waals surface area (Å²) < 4.78 is 0. The number of carboxylic acid groups (broad SMARTS) is 1. The molecule has 0 fully saturated rings. The van der Waals surface area contributed by atoms with Crippen molar-refractivity contribution in [3.63, 3.8) is 0 Å². The third kappa shape index (κ3) is 5.19. The summed E-state index contributed by atoms with van der Waals surface area (Å²) in [6.07, 6.45) is 6.29. The zero-order chi connectivity index (χ0) is 11.8. The van der Waals surface area contributed by atoms with Crippen molar-refractivity contribution in [3.05, 3.63) is 24.0 Å². The zero-order valence-electron chi connectivity index (χ0n) is 9.15. The first kappa shape index (κ1) is 12.3. The quantitative estimate of drug-likeness (QED) is 0.640. The number of nitrogens with one attached hydrogen (secondary N) is 1. The maximum atomic E-state index is 10.2. The first-order chi connectivity index (χ1) is 7.68. The molecule has 5 nitrogen and oxygen atoms in total. The molecule has 0 spiro atoms. The predicted octanol–water partition coefficient (Wildman–Crippen LogP) is 1.64. The van der Waals surface area contributed by atoms with E-state index in [0.29, 0.717) is 12.2 Å². The third-order valence-corrected chi connectivity index (χ3v) is 2.23. The van der Waals surface area contributed by atoms with E-state index in [-0.39, 0.29) is 0 Å². The van der Waals surface area contributed by atoms with E-state index in [4.69, 9.17) is 10.8 Å². The maximum Gasteiger partial charge on any atom is 0.404 e. The molecule has 0 aliphatic rings. The molecule has 1 aromatic rings. The first-order valence-electron chi connectivity index (χ1n) is 5.34. The molecule has 0 atom stereocenters. The van der Waals surface area contributed by atoms with Crippen molar-refractivity contribution in [3.8, 4) is 0 Å². The molecule has 5 heteroatoms. The van der Waals surface area contributed by atoms with Crippen LogP contribution in [0.5, 0.6) is 0 Å². The number of hydrogen-bond acceptors (Lipinski definition) is 3. The largest absolute Gasteiger partial charge is 0.465 e. The minimum absolute atomic E-state index is 0.518. The molecule has 16 heavy (non-hydrogen) atoms. The molecule has 1 aromatic heterocycles. The van der Waals surface area contributed by atoms with Crippen LogP contribution in [0, 0.1) is 0 Å². The van der Waals surface area contributed by atoms with E-state index < -0.39 is 6.09 Å². The van der Waals surface area contributed by atoms with Gasteiger partial charge in [-0.25, -0.2) is 4.79 Å². The number of pyridine rings is 1. The molecule has 88 valence electrons. The summed E-state index contributed by atoms with van der Waals surface area (Å²) in [7, 11) is 0. The van der Waals surface area contributed by atoms with Gasteiger partial charge in [-0.1, -0.05) is 6.42 Å². The van der Waals surface area contributed by atoms with Gasteiger partial charge in [0.05, 0.1) is 5.69 Å². The highest BCUT2D eigenvalue weighted by atomic mass is 16.4. The Bertz CT molecular complexity index is 342. The maximum absolute atomic E-state index is 10.2. The molecule has 0 aliphatic carbocycles. The van der Waals surface area contributed by atoms with Gasteiger partial charge in [-0.2, -0.15) is 0 Å². The van der Waals surface area contributed by atoms with Gasteiger partial charge in [-0.3, -0.25) is 4.98 Å². The van der Waals surface area contributed by atoms with Crippen molar-refractivity contribution < 1.29 is 9.90 Å². The monoisotopic (exact) mass is 223 g/mol. The molecule has 0 radical (unpaired) electrons. The van der Waals surface area contributed by atoms with E-state index in [0.717, 1.165) is 31.2 Å². The van der Waals surface area contributed by atoms with Crippen molar-refractivity contribution in [1.82, 2.24) is 10.3 Å². The lowest BCUT2D eigenvalue weighted by molar-refractivity contribution is 0.194. The Labute approximate surface area is 94.7 Å². The van der Waals surface area contributed by atoms with E-state index in [1.54, 1.807) is 6.20 Å². The molecular weight excluding hydrogens is 206 g/mol. The number of rotatable bonds is 6. The van der Waals surface area contributed by atoms with Crippen LogP contribution in [0.25, 0.3) is 0 Å². The summed E-state index contributed by atoms with van der Waals surface area (Å²) in [5.74, 6) is 0. The molecule has 0 aromatic carbocycles. The molecule has 0 saturated carbocycles. The molecule has 1 rings (SSSR count).